The highest BCUT2D eigenvalue weighted by molar-refractivity contribution is 5.44. The van der Waals surface area contributed by atoms with Gasteiger partial charge < -0.3 is 0 Å². The molecule has 3 atom stereocenters. The monoisotopic (exact) mass is 198 g/mol. The summed E-state index contributed by atoms with van der Waals surface area (Å²) in [6.45, 7) is 4.53. The molecule has 0 nitrogen and oxygen atoms in total. The molecule has 0 aromatic rings. The molecule has 0 amide bonds. The zero-order chi connectivity index (χ0) is 10.4. The van der Waals surface area contributed by atoms with Gasteiger partial charge in [-0.05, 0) is 37.2 Å². The summed E-state index contributed by atoms with van der Waals surface area (Å²) < 4.78 is 0. The van der Waals surface area contributed by atoms with E-state index in [9.17, 15) is 0 Å². The van der Waals surface area contributed by atoms with Crippen molar-refractivity contribution in [1.29, 1.82) is 0 Å². The Kier molecular flexibility index (Phi) is 1.98. The van der Waals surface area contributed by atoms with E-state index in [-0.39, 0.29) is 0 Å². The van der Waals surface area contributed by atoms with Gasteiger partial charge in [0.2, 0.25) is 0 Å². The Balaban J connectivity index is 1.94. The maximum Gasteiger partial charge on any atom is 0.00867 e. The molecule has 3 unspecified atom stereocenters. The summed E-state index contributed by atoms with van der Waals surface area (Å²) in [6.07, 6.45) is 14.5. The Hall–Kier alpha value is -1.04. The van der Waals surface area contributed by atoms with Gasteiger partial charge in [0.1, 0.15) is 0 Å². The van der Waals surface area contributed by atoms with E-state index in [4.69, 9.17) is 0 Å². The summed E-state index contributed by atoms with van der Waals surface area (Å²) in [6, 6.07) is 0. The van der Waals surface area contributed by atoms with Crippen LogP contribution in [0.1, 0.15) is 26.7 Å². The minimum atomic E-state index is 0.687. The normalized spacial score (nSPS) is 37.7. The van der Waals surface area contributed by atoms with E-state index < -0.39 is 0 Å². The summed E-state index contributed by atoms with van der Waals surface area (Å²) in [4.78, 5) is 0. The molecule has 78 valence electrons. The second-order valence-corrected chi connectivity index (χ2v) is 5.26. The van der Waals surface area contributed by atoms with E-state index in [0.29, 0.717) is 5.92 Å². The molecule has 0 bridgehead atoms. The lowest BCUT2D eigenvalue weighted by atomic mass is 9.84. The second-order valence-electron chi connectivity index (χ2n) is 5.26. The predicted molar refractivity (Wildman–Crippen MR) is 64.4 cm³/mol. The van der Waals surface area contributed by atoms with Gasteiger partial charge in [-0.1, -0.05) is 48.5 Å². The summed E-state index contributed by atoms with van der Waals surface area (Å²) in [7, 11) is 0. The second kappa shape index (κ2) is 3.23. The van der Waals surface area contributed by atoms with Crippen LogP contribution in [0.3, 0.4) is 0 Å². The first-order chi connectivity index (χ1) is 7.24. The Labute approximate surface area is 92.1 Å². The first-order valence-corrected chi connectivity index (χ1v) is 6.01. The Morgan fingerprint density at radius 1 is 1.13 bits per heavy atom. The molecule has 0 saturated carbocycles. The molecule has 3 rings (SSSR count). The zero-order valence-electron chi connectivity index (χ0n) is 9.53. The van der Waals surface area contributed by atoms with Crippen LogP contribution in [0.5, 0.6) is 0 Å². The summed E-state index contributed by atoms with van der Waals surface area (Å²) in [5.41, 5.74) is 4.78. The van der Waals surface area contributed by atoms with Gasteiger partial charge in [0, 0.05) is 5.92 Å². The highest BCUT2D eigenvalue weighted by Gasteiger charge is 2.33. The van der Waals surface area contributed by atoms with Crippen LogP contribution in [0.15, 0.2) is 47.1 Å². The van der Waals surface area contributed by atoms with Crippen LogP contribution in [-0.2, 0) is 0 Å². The van der Waals surface area contributed by atoms with E-state index in [1.54, 1.807) is 11.1 Å². The summed E-state index contributed by atoms with van der Waals surface area (Å²) in [5.74, 6) is 2.19. The molecule has 0 radical (unpaired) electrons. The third-order valence-corrected chi connectivity index (χ3v) is 3.93. The van der Waals surface area contributed by atoms with Crippen molar-refractivity contribution < 1.29 is 0 Å². The van der Waals surface area contributed by atoms with Crippen LogP contribution in [0.25, 0.3) is 0 Å². The van der Waals surface area contributed by atoms with Crippen molar-refractivity contribution >= 4 is 0 Å². The van der Waals surface area contributed by atoms with Gasteiger partial charge in [0.15, 0.2) is 0 Å². The lowest BCUT2D eigenvalue weighted by molar-refractivity contribution is 0.571. The topological polar surface area (TPSA) is 0 Å². The van der Waals surface area contributed by atoms with Crippen molar-refractivity contribution in [3.63, 3.8) is 0 Å². The van der Waals surface area contributed by atoms with Crippen molar-refractivity contribution in [2.24, 2.45) is 17.8 Å². The third kappa shape index (κ3) is 1.43. The fourth-order valence-electron chi connectivity index (χ4n) is 3.21. The molecule has 0 spiro atoms. The molecule has 3 aliphatic rings. The van der Waals surface area contributed by atoms with Crippen LogP contribution < -0.4 is 0 Å². The standard InChI is InChI=1S/C15H18/c1-10-3-5-14-12(7-10)9-13-8-11(2)4-6-15(13)14/h3-7,11-12,14H,8-9H2,1-2H3. The molecule has 15 heavy (non-hydrogen) atoms. The van der Waals surface area contributed by atoms with E-state index in [2.05, 4.69) is 44.2 Å². The number of hydrogen-bond donors (Lipinski definition) is 0. The molecule has 0 heterocycles. The first kappa shape index (κ1) is 9.21. The van der Waals surface area contributed by atoms with E-state index in [0.717, 1.165) is 11.8 Å². The van der Waals surface area contributed by atoms with Crippen molar-refractivity contribution in [2.45, 2.75) is 26.7 Å². The van der Waals surface area contributed by atoms with Crippen molar-refractivity contribution in [2.75, 3.05) is 0 Å². The lowest BCUT2D eigenvalue weighted by Gasteiger charge is -2.20. The minimum absolute atomic E-state index is 0.687. The maximum atomic E-state index is 2.46. The Morgan fingerprint density at radius 3 is 2.87 bits per heavy atom. The number of fused-ring (bicyclic) bond motifs is 2. The average Bonchev–Trinajstić information content (AvgIpc) is 2.53. The predicted octanol–water partition coefficient (Wildman–Crippen LogP) is 4.03. The molecule has 0 N–H and O–H groups in total. The van der Waals surface area contributed by atoms with Crippen molar-refractivity contribution in [3.05, 3.63) is 47.1 Å². The summed E-state index contributed by atoms with van der Waals surface area (Å²) >= 11 is 0. The first-order valence-electron chi connectivity index (χ1n) is 6.01. The molecule has 0 fully saturated rings. The fraction of sp³-hybridized carbons (Fsp3) is 0.467. The van der Waals surface area contributed by atoms with Crippen molar-refractivity contribution in [1.82, 2.24) is 0 Å². The molecular weight excluding hydrogens is 180 g/mol. The largest absolute Gasteiger partial charge is 0.0811 e. The Morgan fingerprint density at radius 2 is 2.00 bits per heavy atom. The smallest absolute Gasteiger partial charge is 0.00867 e. The quantitative estimate of drug-likeness (QED) is 0.551. The van der Waals surface area contributed by atoms with Gasteiger partial charge >= 0.3 is 0 Å². The average molecular weight is 198 g/mol. The number of allylic oxidation sites excluding steroid dienone is 8. The van der Waals surface area contributed by atoms with Crippen LogP contribution in [-0.4, -0.2) is 0 Å². The third-order valence-electron chi connectivity index (χ3n) is 3.93. The van der Waals surface area contributed by atoms with Gasteiger partial charge in [-0.15, -0.1) is 0 Å². The molecular formula is C15H18. The fourth-order valence-corrected chi connectivity index (χ4v) is 3.21. The van der Waals surface area contributed by atoms with E-state index in [1.165, 1.54) is 18.4 Å². The molecule has 0 saturated heterocycles. The van der Waals surface area contributed by atoms with Crippen LogP contribution in [0.2, 0.25) is 0 Å². The highest BCUT2D eigenvalue weighted by atomic mass is 14.4. The van der Waals surface area contributed by atoms with Gasteiger partial charge in [-0.2, -0.15) is 0 Å². The van der Waals surface area contributed by atoms with Crippen molar-refractivity contribution in [3.8, 4) is 0 Å². The van der Waals surface area contributed by atoms with E-state index >= 15 is 0 Å². The lowest BCUT2D eigenvalue weighted by Crippen LogP contribution is -2.09. The Bertz CT molecular complexity index is 404. The van der Waals surface area contributed by atoms with Gasteiger partial charge in [-0.3, -0.25) is 0 Å². The van der Waals surface area contributed by atoms with Crippen LogP contribution in [0.4, 0.5) is 0 Å². The van der Waals surface area contributed by atoms with E-state index in [1.807, 2.05) is 0 Å². The molecule has 3 aliphatic carbocycles. The SMILES string of the molecule is CC1=CC2CC3=C(C=CC(C)C3)C2C=C1. The van der Waals surface area contributed by atoms with Gasteiger partial charge in [-0.25, -0.2) is 0 Å². The molecule has 0 aromatic carbocycles. The summed E-state index contributed by atoms with van der Waals surface area (Å²) in [5, 5.41) is 0. The minimum Gasteiger partial charge on any atom is -0.0811 e. The maximum absolute atomic E-state index is 2.46. The zero-order valence-corrected chi connectivity index (χ0v) is 9.53. The van der Waals surface area contributed by atoms with Gasteiger partial charge in [0.05, 0.1) is 0 Å². The number of rotatable bonds is 0. The molecule has 0 aromatic heterocycles. The van der Waals surface area contributed by atoms with Crippen LogP contribution in [0, 0.1) is 17.8 Å². The van der Waals surface area contributed by atoms with Crippen LogP contribution >= 0.6 is 0 Å². The molecule has 0 aliphatic heterocycles. The molecule has 0 heteroatoms. The highest BCUT2D eigenvalue weighted by Crippen LogP contribution is 2.46. The number of hydrogen-bond acceptors (Lipinski definition) is 0. The van der Waals surface area contributed by atoms with Gasteiger partial charge in [0.25, 0.3) is 0 Å².